The standard InChI is InChI=1S/C21H24N4O4S2/c26-21(18-12-16(13-22-18)31(27,28)25-8-10-30-11-9-25)24-7-3-4-15(14-24)20-23-17-5-1-2-6-19(17)29-20/h1-2,5-6,12-13,15,22H,3-4,7-11,14H2. The molecule has 2 saturated heterocycles. The number of likely N-dealkylation sites (tertiary alicyclic amines) is 1. The van der Waals surface area contributed by atoms with E-state index in [9.17, 15) is 13.2 Å². The number of aromatic amines is 1. The van der Waals surface area contributed by atoms with Gasteiger partial charge in [-0.2, -0.15) is 16.1 Å². The van der Waals surface area contributed by atoms with Crippen LogP contribution in [0.15, 0.2) is 45.8 Å². The number of carbonyl (C=O) groups excluding carboxylic acids is 1. The molecule has 1 atom stereocenters. The average Bonchev–Trinajstić information content (AvgIpc) is 3.47. The molecule has 0 aliphatic carbocycles. The van der Waals surface area contributed by atoms with Crippen molar-refractivity contribution in [3.05, 3.63) is 48.1 Å². The van der Waals surface area contributed by atoms with Gasteiger partial charge in [-0.1, -0.05) is 12.1 Å². The summed E-state index contributed by atoms with van der Waals surface area (Å²) in [7, 11) is -3.58. The Morgan fingerprint density at radius 1 is 1.19 bits per heavy atom. The van der Waals surface area contributed by atoms with Crippen LogP contribution in [0, 0.1) is 0 Å². The molecule has 4 heterocycles. The molecule has 1 aromatic carbocycles. The second kappa shape index (κ2) is 8.33. The molecule has 2 fully saturated rings. The van der Waals surface area contributed by atoms with Crippen LogP contribution in [-0.4, -0.2) is 71.2 Å². The first-order valence-electron chi connectivity index (χ1n) is 10.4. The molecular weight excluding hydrogens is 436 g/mol. The highest BCUT2D eigenvalue weighted by Crippen LogP contribution is 2.30. The van der Waals surface area contributed by atoms with Gasteiger partial charge < -0.3 is 14.3 Å². The Hall–Kier alpha value is -2.30. The van der Waals surface area contributed by atoms with E-state index in [-0.39, 0.29) is 16.7 Å². The molecule has 2 aliphatic heterocycles. The van der Waals surface area contributed by atoms with Crippen LogP contribution in [-0.2, 0) is 10.0 Å². The van der Waals surface area contributed by atoms with Gasteiger partial charge in [-0.15, -0.1) is 0 Å². The van der Waals surface area contributed by atoms with Crippen LogP contribution < -0.4 is 0 Å². The van der Waals surface area contributed by atoms with Crippen LogP contribution in [0.1, 0.15) is 35.1 Å². The Bertz CT molecular complexity index is 1160. The van der Waals surface area contributed by atoms with Crippen molar-refractivity contribution < 1.29 is 17.6 Å². The van der Waals surface area contributed by atoms with E-state index in [0.717, 1.165) is 35.4 Å². The molecule has 8 nitrogen and oxygen atoms in total. The number of rotatable bonds is 4. The van der Waals surface area contributed by atoms with E-state index in [1.165, 1.54) is 16.6 Å². The Morgan fingerprint density at radius 3 is 2.81 bits per heavy atom. The summed E-state index contributed by atoms with van der Waals surface area (Å²) in [5, 5.41) is 0. The minimum Gasteiger partial charge on any atom is -0.440 e. The first-order chi connectivity index (χ1) is 15.0. The van der Waals surface area contributed by atoms with E-state index < -0.39 is 10.0 Å². The highest BCUT2D eigenvalue weighted by atomic mass is 32.2. The van der Waals surface area contributed by atoms with Crippen molar-refractivity contribution in [2.75, 3.05) is 37.7 Å². The Kier molecular flexibility index (Phi) is 5.53. The number of oxazole rings is 1. The minimum atomic E-state index is -3.58. The summed E-state index contributed by atoms with van der Waals surface area (Å²) in [6.07, 6.45) is 3.16. The number of hydrogen-bond acceptors (Lipinski definition) is 6. The van der Waals surface area contributed by atoms with Crippen molar-refractivity contribution in [2.45, 2.75) is 23.7 Å². The molecule has 3 aromatic rings. The third kappa shape index (κ3) is 3.99. The molecule has 31 heavy (non-hydrogen) atoms. The number of thioether (sulfide) groups is 1. The summed E-state index contributed by atoms with van der Waals surface area (Å²) >= 11 is 1.75. The van der Waals surface area contributed by atoms with Crippen molar-refractivity contribution in [3.63, 3.8) is 0 Å². The van der Waals surface area contributed by atoms with Crippen LogP contribution >= 0.6 is 11.8 Å². The van der Waals surface area contributed by atoms with E-state index in [0.29, 0.717) is 37.8 Å². The van der Waals surface area contributed by atoms with Gasteiger partial charge in [0.15, 0.2) is 11.5 Å². The van der Waals surface area contributed by atoms with Gasteiger partial charge in [0.25, 0.3) is 5.91 Å². The fourth-order valence-electron chi connectivity index (χ4n) is 4.18. The lowest BCUT2D eigenvalue weighted by Gasteiger charge is -2.31. The van der Waals surface area contributed by atoms with Crippen LogP contribution in [0.25, 0.3) is 11.1 Å². The number of nitrogens with one attached hydrogen (secondary N) is 1. The van der Waals surface area contributed by atoms with Gasteiger partial charge in [0.2, 0.25) is 10.0 Å². The molecule has 2 aliphatic rings. The Morgan fingerprint density at radius 2 is 2.00 bits per heavy atom. The number of H-pyrrole nitrogens is 1. The molecule has 10 heteroatoms. The fourth-order valence-corrected chi connectivity index (χ4v) is 6.75. The number of sulfonamides is 1. The second-order valence-corrected chi connectivity index (χ2v) is 11.0. The van der Waals surface area contributed by atoms with Gasteiger partial charge in [0.1, 0.15) is 16.1 Å². The molecule has 5 rings (SSSR count). The highest BCUT2D eigenvalue weighted by Gasteiger charge is 2.31. The number of fused-ring (bicyclic) bond motifs is 1. The summed E-state index contributed by atoms with van der Waals surface area (Å²) in [6.45, 7) is 2.12. The van der Waals surface area contributed by atoms with Crippen molar-refractivity contribution in [2.24, 2.45) is 0 Å². The van der Waals surface area contributed by atoms with Crippen LogP contribution in [0.5, 0.6) is 0 Å². The van der Waals surface area contributed by atoms with Gasteiger partial charge in [0.05, 0.1) is 5.92 Å². The minimum absolute atomic E-state index is 0.0223. The van der Waals surface area contributed by atoms with E-state index in [2.05, 4.69) is 9.97 Å². The lowest BCUT2D eigenvalue weighted by atomic mass is 9.97. The molecule has 1 amide bonds. The van der Waals surface area contributed by atoms with Gasteiger partial charge in [-0.3, -0.25) is 4.79 Å². The van der Waals surface area contributed by atoms with Gasteiger partial charge >= 0.3 is 0 Å². The molecule has 1 N–H and O–H groups in total. The number of nitrogens with zero attached hydrogens (tertiary/aromatic N) is 3. The maximum atomic E-state index is 13.1. The van der Waals surface area contributed by atoms with Crippen molar-refractivity contribution in [3.8, 4) is 0 Å². The summed E-state index contributed by atoms with van der Waals surface area (Å²) in [4.78, 5) is 22.5. The first kappa shape index (κ1) is 20.6. The molecule has 0 saturated carbocycles. The molecular formula is C21H24N4O4S2. The van der Waals surface area contributed by atoms with Gasteiger partial charge in [0, 0.05) is 43.9 Å². The van der Waals surface area contributed by atoms with Crippen LogP contribution in [0.3, 0.4) is 0 Å². The number of carbonyl (C=O) groups is 1. The summed E-state index contributed by atoms with van der Waals surface area (Å²) in [5.41, 5.74) is 1.86. The number of para-hydroxylation sites is 2. The largest absolute Gasteiger partial charge is 0.440 e. The maximum absolute atomic E-state index is 13.1. The molecule has 0 spiro atoms. The quantitative estimate of drug-likeness (QED) is 0.643. The van der Waals surface area contributed by atoms with E-state index in [4.69, 9.17) is 4.42 Å². The molecule has 2 aromatic heterocycles. The fraction of sp³-hybridized carbons (Fsp3) is 0.429. The highest BCUT2D eigenvalue weighted by molar-refractivity contribution is 7.99. The lowest BCUT2D eigenvalue weighted by molar-refractivity contribution is 0.0693. The zero-order chi connectivity index (χ0) is 21.4. The topological polar surface area (TPSA) is 99.5 Å². The maximum Gasteiger partial charge on any atom is 0.270 e. The van der Waals surface area contributed by atoms with Crippen LogP contribution in [0.2, 0.25) is 0 Å². The summed E-state index contributed by atoms with van der Waals surface area (Å²) in [5.74, 6) is 2.06. The lowest BCUT2D eigenvalue weighted by Crippen LogP contribution is -2.39. The van der Waals surface area contributed by atoms with Crippen LogP contribution in [0.4, 0.5) is 0 Å². The first-order valence-corrected chi connectivity index (χ1v) is 13.0. The molecule has 164 valence electrons. The predicted octanol–water partition coefficient (Wildman–Crippen LogP) is 2.91. The normalized spacial score (nSPS) is 20.9. The third-order valence-electron chi connectivity index (χ3n) is 5.86. The molecule has 0 radical (unpaired) electrons. The molecule has 1 unspecified atom stereocenters. The van der Waals surface area contributed by atoms with Crippen molar-refractivity contribution >= 4 is 38.8 Å². The smallest absolute Gasteiger partial charge is 0.270 e. The van der Waals surface area contributed by atoms with E-state index >= 15 is 0 Å². The van der Waals surface area contributed by atoms with Gasteiger partial charge in [-0.05, 0) is 31.0 Å². The number of benzene rings is 1. The molecule has 0 bridgehead atoms. The zero-order valence-electron chi connectivity index (χ0n) is 17.0. The zero-order valence-corrected chi connectivity index (χ0v) is 18.6. The van der Waals surface area contributed by atoms with E-state index in [1.54, 1.807) is 16.7 Å². The second-order valence-electron chi connectivity index (χ2n) is 7.88. The SMILES string of the molecule is O=C(c1cc(S(=O)(=O)N2CCSCC2)c[nH]1)N1CCCC(c2nc3ccccc3o2)C1. The number of amides is 1. The Labute approximate surface area is 185 Å². The third-order valence-corrected chi connectivity index (χ3v) is 8.68. The van der Waals surface area contributed by atoms with Gasteiger partial charge in [-0.25, -0.2) is 13.4 Å². The number of hydrogen-bond donors (Lipinski definition) is 1. The number of piperidine rings is 1. The Balaban J connectivity index is 1.32. The van der Waals surface area contributed by atoms with Crippen molar-refractivity contribution in [1.29, 1.82) is 0 Å². The summed E-state index contributed by atoms with van der Waals surface area (Å²) < 4.78 is 33.2. The summed E-state index contributed by atoms with van der Waals surface area (Å²) in [6, 6.07) is 9.09. The number of aromatic nitrogens is 2. The average molecular weight is 461 g/mol. The predicted molar refractivity (Wildman–Crippen MR) is 119 cm³/mol. The van der Waals surface area contributed by atoms with E-state index in [1.807, 2.05) is 24.3 Å². The monoisotopic (exact) mass is 460 g/mol. The van der Waals surface area contributed by atoms with Crippen molar-refractivity contribution in [1.82, 2.24) is 19.2 Å².